The normalized spacial score (nSPS) is 13.4. The lowest BCUT2D eigenvalue weighted by Crippen LogP contribution is -2.07. The second kappa shape index (κ2) is 2.72. The number of aromatic amines is 1. The zero-order valence-corrected chi connectivity index (χ0v) is 6.65. The SMILES string of the molecule is NC(O)c1ccc2oc(=O)[nH]c2c1. The molecule has 0 saturated carbocycles. The lowest BCUT2D eigenvalue weighted by Gasteiger charge is -2.02. The molecule has 1 aromatic carbocycles. The maximum atomic E-state index is 10.8. The molecular formula is C8H8N2O3. The van der Waals surface area contributed by atoms with Gasteiger partial charge in [0.1, 0.15) is 6.23 Å². The summed E-state index contributed by atoms with van der Waals surface area (Å²) >= 11 is 0. The molecule has 0 aliphatic carbocycles. The van der Waals surface area contributed by atoms with Gasteiger partial charge in [0.05, 0.1) is 5.52 Å². The third-order valence-electron chi connectivity index (χ3n) is 1.78. The summed E-state index contributed by atoms with van der Waals surface area (Å²) in [4.78, 5) is 13.2. The minimum absolute atomic E-state index is 0.453. The van der Waals surface area contributed by atoms with Crippen molar-refractivity contribution in [2.75, 3.05) is 0 Å². The van der Waals surface area contributed by atoms with Gasteiger partial charge in [-0.25, -0.2) is 4.79 Å². The lowest BCUT2D eigenvalue weighted by molar-refractivity contribution is 0.186. The van der Waals surface area contributed by atoms with Crippen molar-refractivity contribution in [3.63, 3.8) is 0 Å². The monoisotopic (exact) mass is 180 g/mol. The number of oxazole rings is 1. The van der Waals surface area contributed by atoms with Crippen molar-refractivity contribution < 1.29 is 9.52 Å². The highest BCUT2D eigenvalue weighted by atomic mass is 16.4. The number of hydrogen-bond donors (Lipinski definition) is 3. The van der Waals surface area contributed by atoms with E-state index in [4.69, 9.17) is 15.3 Å². The molecule has 0 aliphatic heterocycles. The van der Waals surface area contributed by atoms with Crippen molar-refractivity contribution in [1.29, 1.82) is 0 Å². The van der Waals surface area contributed by atoms with Crippen LogP contribution < -0.4 is 11.5 Å². The summed E-state index contributed by atoms with van der Waals surface area (Å²) in [7, 11) is 0. The topological polar surface area (TPSA) is 92.2 Å². The van der Waals surface area contributed by atoms with Crippen molar-refractivity contribution in [2.24, 2.45) is 5.73 Å². The van der Waals surface area contributed by atoms with E-state index in [2.05, 4.69) is 4.98 Å². The smallest absolute Gasteiger partial charge is 0.408 e. The fourth-order valence-corrected chi connectivity index (χ4v) is 1.15. The van der Waals surface area contributed by atoms with Crippen molar-refractivity contribution in [3.8, 4) is 0 Å². The fourth-order valence-electron chi connectivity index (χ4n) is 1.15. The average molecular weight is 180 g/mol. The third kappa shape index (κ3) is 1.34. The van der Waals surface area contributed by atoms with Gasteiger partial charge in [0.15, 0.2) is 5.58 Å². The number of aromatic nitrogens is 1. The Morgan fingerprint density at radius 2 is 2.31 bits per heavy atom. The van der Waals surface area contributed by atoms with Crippen LogP contribution in [0.3, 0.4) is 0 Å². The van der Waals surface area contributed by atoms with Crippen LogP contribution in [-0.2, 0) is 0 Å². The van der Waals surface area contributed by atoms with Crippen LogP contribution in [-0.4, -0.2) is 10.1 Å². The number of hydrogen-bond acceptors (Lipinski definition) is 4. The number of benzene rings is 1. The molecule has 0 bridgehead atoms. The molecule has 5 heteroatoms. The Balaban J connectivity index is 2.68. The molecule has 1 aromatic heterocycles. The lowest BCUT2D eigenvalue weighted by atomic mass is 10.2. The Kier molecular flexibility index (Phi) is 1.68. The Bertz CT molecular complexity index is 483. The molecule has 1 unspecified atom stereocenters. The Morgan fingerprint density at radius 1 is 1.54 bits per heavy atom. The second-order valence-electron chi connectivity index (χ2n) is 2.71. The van der Waals surface area contributed by atoms with E-state index >= 15 is 0 Å². The number of nitrogens with one attached hydrogen (secondary N) is 1. The van der Waals surface area contributed by atoms with Gasteiger partial charge in [-0.2, -0.15) is 0 Å². The number of aliphatic hydroxyl groups is 1. The van der Waals surface area contributed by atoms with Crippen LogP contribution in [0.2, 0.25) is 0 Å². The van der Waals surface area contributed by atoms with Gasteiger partial charge in [-0.15, -0.1) is 0 Å². The van der Waals surface area contributed by atoms with Gasteiger partial charge in [-0.05, 0) is 17.7 Å². The first kappa shape index (κ1) is 8.03. The molecule has 2 rings (SSSR count). The number of rotatable bonds is 1. The van der Waals surface area contributed by atoms with Crippen LogP contribution in [0.4, 0.5) is 0 Å². The summed E-state index contributed by atoms with van der Waals surface area (Å²) < 4.78 is 4.77. The van der Waals surface area contributed by atoms with E-state index in [1.807, 2.05) is 0 Å². The molecule has 1 atom stereocenters. The highest BCUT2D eigenvalue weighted by Gasteiger charge is 2.05. The zero-order chi connectivity index (χ0) is 9.42. The van der Waals surface area contributed by atoms with Crippen molar-refractivity contribution in [2.45, 2.75) is 6.23 Å². The minimum atomic E-state index is -1.04. The Hall–Kier alpha value is -1.59. The van der Waals surface area contributed by atoms with Gasteiger partial charge >= 0.3 is 5.76 Å². The van der Waals surface area contributed by atoms with E-state index in [-0.39, 0.29) is 0 Å². The minimum Gasteiger partial charge on any atom is -0.408 e. The first-order chi connectivity index (χ1) is 6.16. The Labute approximate surface area is 72.8 Å². The molecule has 2 aromatic rings. The van der Waals surface area contributed by atoms with Gasteiger partial charge in [-0.3, -0.25) is 4.98 Å². The van der Waals surface area contributed by atoms with Gasteiger partial charge in [0.25, 0.3) is 0 Å². The molecular weight excluding hydrogens is 172 g/mol. The van der Waals surface area contributed by atoms with Gasteiger partial charge in [-0.1, -0.05) is 6.07 Å². The van der Waals surface area contributed by atoms with Crippen LogP contribution in [0.15, 0.2) is 27.4 Å². The van der Waals surface area contributed by atoms with Crippen LogP contribution in [0.5, 0.6) is 0 Å². The quantitative estimate of drug-likeness (QED) is 0.541. The number of nitrogens with two attached hydrogens (primary N) is 1. The summed E-state index contributed by atoms with van der Waals surface area (Å²) in [6, 6.07) is 4.76. The van der Waals surface area contributed by atoms with E-state index in [1.165, 1.54) is 0 Å². The number of aliphatic hydroxyl groups excluding tert-OH is 1. The third-order valence-corrected chi connectivity index (χ3v) is 1.78. The highest BCUT2D eigenvalue weighted by molar-refractivity contribution is 5.72. The average Bonchev–Trinajstić information content (AvgIpc) is 2.42. The van der Waals surface area contributed by atoms with E-state index in [0.29, 0.717) is 16.7 Å². The largest absolute Gasteiger partial charge is 0.417 e. The maximum absolute atomic E-state index is 10.8. The molecule has 68 valence electrons. The molecule has 0 spiro atoms. The fraction of sp³-hybridized carbons (Fsp3) is 0.125. The molecule has 0 saturated heterocycles. The van der Waals surface area contributed by atoms with Crippen LogP contribution in [0, 0.1) is 0 Å². The van der Waals surface area contributed by atoms with Crippen molar-refractivity contribution in [1.82, 2.24) is 4.98 Å². The summed E-state index contributed by atoms with van der Waals surface area (Å²) in [5, 5.41) is 9.05. The molecule has 0 amide bonds. The molecule has 13 heavy (non-hydrogen) atoms. The highest BCUT2D eigenvalue weighted by Crippen LogP contribution is 2.14. The predicted octanol–water partition coefficient (Wildman–Crippen LogP) is 0.0707. The van der Waals surface area contributed by atoms with Crippen LogP contribution in [0.1, 0.15) is 11.8 Å². The van der Waals surface area contributed by atoms with Gasteiger partial charge < -0.3 is 15.3 Å². The first-order valence-corrected chi connectivity index (χ1v) is 3.73. The summed E-state index contributed by atoms with van der Waals surface area (Å²) in [5.41, 5.74) is 6.76. The first-order valence-electron chi connectivity index (χ1n) is 3.73. The standard InChI is InChI=1S/C8H8N2O3/c9-7(11)4-1-2-6-5(3-4)10-8(12)13-6/h1-3,7,11H,9H2,(H,10,12). The summed E-state index contributed by atoms with van der Waals surface area (Å²) in [6.07, 6.45) is -1.04. The van der Waals surface area contributed by atoms with E-state index < -0.39 is 12.0 Å². The summed E-state index contributed by atoms with van der Waals surface area (Å²) in [5.74, 6) is -0.515. The number of H-pyrrole nitrogens is 1. The van der Waals surface area contributed by atoms with Crippen LogP contribution >= 0.6 is 0 Å². The molecule has 0 aliphatic rings. The van der Waals surface area contributed by atoms with E-state index in [1.54, 1.807) is 18.2 Å². The molecule has 0 fully saturated rings. The second-order valence-corrected chi connectivity index (χ2v) is 2.71. The molecule has 4 N–H and O–H groups in total. The zero-order valence-electron chi connectivity index (χ0n) is 6.65. The van der Waals surface area contributed by atoms with Crippen molar-refractivity contribution in [3.05, 3.63) is 34.3 Å². The summed E-state index contributed by atoms with van der Waals surface area (Å²) in [6.45, 7) is 0. The molecule has 5 nitrogen and oxygen atoms in total. The number of fused-ring (bicyclic) bond motifs is 1. The molecule has 1 heterocycles. The van der Waals surface area contributed by atoms with E-state index in [9.17, 15) is 4.79 Å². The van der Waals surface area contributed by atoms with Crippen LogP contribution in [0.25, 0.3) is 11.1 Å². The maximum Gasteiger partial charge on any atom is 0.417 e. The van der Waals surface area contributed by atoms with E-state index in [0.717, 1.165) is 0 Å². The van der Waals surface area contributed by atoms with Crippen molar-refractivity contribution >= 4 is 11.1 Å². The van der Waals surface area contributed by atoms with Gasteiger partial charge in [0, 0.05) is 0 Å². The Morgan fingerprint density at radius 3 is 3.00 bits per heavy atom. The molecule has 0 radical (unpaired) electrons. The van der Waals surface area contributed by atoms with Gasteiger partial charge in [0.2, 0.25) is 0 Å². The predicted molar refractivity (Wildman–Crippen MR) is 46.0 cm³/mol.